The number of carbonyl (C=O) groups excluding carboxylic acids is 1. The summed E-state index contributed by atoms with van der Waals surface area (Å²) in [7, 11) is 0. The van der Waals surface area contributed by atoms with E-state index in [0.29, 0.717) is 5.92 Å². The van der Waals surface area contributed by atoms with Gasteiger partial charge in [-0.05, 0) is 62.3 Å². The van der Waals surface area contributed by atoms with E-state index in [2.05, 4.69) is 10.2 Å². The second-order valence-corrected chi connectivity index (χ2v) is 6.90. The van der Waals surface area contributed by atoms with Crippen molar-refractivity contribution in [3.05, 3.63) is 29.3 Å². The van der Waals surface area contributed by atoms with Crippen molar-refractivity contribution in [1.29, 1.82) is 0 Å². The van der Waals surface area contributed by atoms with Gasteiger partial charge in [-0.25, -0.2) is 0 Å². The largest absolute Gasteiger partial charge is 0.381 e. The lowest BCUT2D eigenvalue weighted by molar-refractivity contribution is -0.122. The van der Waals surface area contributed by atoms with Crippen molar-refractivity contribution >= 4 is 23.2 Å². The monoisotopic (exact) mass is 336 g/mol. The number of hydrogen-bond donors (Lipinski definition) is 1. The highest BCUT2D eigenvalue weighted by Gasteiger charge is 2.30. The first-order chi connectivity index (χ1) is 11.2. The molecule has 4 nitrogen and oxygen atoms in total. The molecule has 1 amide bonds. The number of ether oxygens (including phenoxy) is 1. The first-order valence-corrected chi connectivity index (χ1v) is 8.99. The van der Waals surface area contributed by atoms with E-state index in [1.54, 1.807) is 0 Å². The number of nitrogens with zero attached hydrogens (tertiary/aromatic N) is 1. The molecule has 2 heterocycles. The van der Waals surface area contributed by atoms with Gasteiger partial charge in [0.15, 0.2) is 0 Å². The van der Waals surface area contributed by atoms with Gasteiger partial charge in [-0.2, -0.15) is 0 Å². The van der Waals surface area contributed by atoms with E-state index < -0.39 is 0 Å². The molecule has 1 aromatic carbocycles. The van der Waals surface area contributed by atoms with Gasteiger partial charge in [0.2, 0.25) is 5.91 Å². The Kier molecular flexibility index (Phi) is 5.79. The predicted molar refractivity (Wildman–Crippen MR) is 93.0 cm³/mol. The van der Waals surface area contributed by atoms with Gasteiger partial charge in [0.25, 0.3) is 0 Å². The number of amides is 1. The van der Waals surface area contributed by atoms with Crippen LogP contribution in [-0.2, 0) is 9.53 Å². The van der Waals surface area contributed by atoms with Crippen molar-refractivity contribution in [2.24, 2.45) is 5.92 Å². The van der Waals surface area contributed by atoms with Crippen molar-refractivity contribution in [1.82, 2.24) is 5.32 Å². The third-order valence-electron chi connectivity index (χ3n) is 4.91. The summed E-state index contributed by atoms with van der Waals surface area (Å²) in [4.78, 5) is 14.7. The highest BCUT2D eigenvalue weighted by molar-refractivity contribution is 6.30. The normalized spacial score (nSPS) is 22.3. The van der Waals surface area contributed by atoms with Gasteiger partial charge in [-0.3, -0.25) is 4.79 Å². The average Bonchev–Trinajstić information content (AvgIpc) is 3.06. The van der Waals surface area contributed by atoms with Crippen molar-refractivity contribution in [2.75, 3.05) is 31.2 Å². The fraction of sp³-hybridized carbons (Fsp3) is 0.611. The van der Waals surface area contributed by atoms with Crippen LogP contribution in [0.2, 0.25) is 5.02 Å². The molecule has 1 N–H and O–H groups in total. The Labute approximate surface area is 143 Å². The maximum absolute atomic E-state index is 12.5. The van der Waals surface area contributed by atoms with E-state index in [9.17, 15) is 4.79 Å². The maximum atomic E-state index is 12.5. The minimum atomic E-state index is -0.0501. The van der Waals surface area contributed by atoms with Crippen LogP contribution in [0.3, 0.4) is 0 Å². The molecule has 126 valence electrons. The van der Waals surface area contributed by atoms with Crippen LogP contribution >= 0.6 is 11.6 Å². The maximum Gasteiger partial charge on any atom is 0.242 e. The van der Waals surface area contributed by atoms with Gasteiger partial charge in [0.05, 0.1) is 0 Å². The lowest BCUT2D eigenvalue weighted by Gasteiger charge is -2.27. The molecule has 2 fully saturated rings. The lowest BCUT2D eigenvalue weighted by Crippen LogP contribution is -2.44. The van der Waals surface area contributed by atoms with Gasteiger partial charge < -0.3 is 15.0 Å². The molecule has 3 rings (SSSR count). The molecule has 0 aromatic heterocycles. The van der Waals surface area contributed by atoms with Crippen molar-refractivity contribution in [3.8, 4) is 0 Å². The molecule has 0 bridgehead atoms. The second kappa shape index (κ2) is 8.02. The van der Waals surface area contributed by atoms with E-state index in [-0.39, 0.29) is 11.9 Å². The Balaban J connectivity index is 1.50. The zero-order valence-electron chi connectivity index (χ0n) is 13.5. The van der Waals surface area contributed by atoms with Crippen molar-refractivity contribution in [2.45, 2.75) is 38.1 Å². The zero-order chi connectivity index (χ0) is 16.1. The van der Waals surface area contributed by atoms with Crippen LogP contribution in [0.15, 0.2) is 24.3 Å². The van der Waals surface area contributed by atoms with E-state index in [0.717, 1.165) is 69.1 Å². The molecular formula is C18H25ClN2O2. The van der Waals surface area contributed by atoms with Gasteiger partial charge in [-0.15, -0.1) is 0 Å². The summed E-state index contributed by atoms with van der Waals surface area (Å²) in [5.41, 5.74) is 1.08. The molecule has 0 radical (unpaired) electrons. The Morgan fingerprint density at radius 3 is 2.70 bits per heavy atom. The van der Waals surface area contributed by atoms with E-state index >= 15 is 0 Å². The Hall–Kier alpha value is -1.26. The standard InChI is InChI=1S/C18H25ClN2O2/c19-15-3-5-16(6-4-15)21-11-1-2-17(21)18(22)20-10-7-14-8-12-23-13-9-14/h3-6,14,17H,1-2,7-13H2,(H,20,22). The van der Waals surface area contributed by atoms with Crippen molar-refractivity contribution in [3.63, 3.8) is 0 Å². The molecule has 1 unspecified atom stereocenters. The highest BCUT2D eigenvalue weighted by Crippen LogP contribution is 2.27. The SMILES string of the molecule is O=C(NCCC1CCOCC1)C1CCCN1c1ccc(Cl)cc1. The number of rotatable bonds is 5. The number of nitrogens with one attached hydrogen (secondary N) is 1. The van der Waals surface area contributed by atoms with Crippen LogP contribution in [-0.4, -0.2) is 38.3 Å². The number of halogens is 1. The highest BCUT2D eigenvalue weighted by atomic mass is 35.5. The topological polar surface area (TPSA) is 41.6 Å². The zero-order valence-corrected chi connectivity index (χ0v) is 14.2. The molecule has 1 aromatic rings. The first kappa shape index (κ1) is 16.6. The smallest absolute Gasteiger partial charge is 0.242 e. The van der Waals surface area contributed by atoms with Gasteiger partial charge in [-0.1, -0.05) is 11.6 Å². The summed E-state index contributed by atoms with van der Waals surface area (Å²) in [6, 6.07) is 7.71. The molecule has 5 heteroatoms. The molecule has 0 aliphatic carbocycles. The summed E-state index contributed by atoms with van der Waals surface area (Å²) in [5.74, 6) is 0.851. The van der Waals surface area contributed by atoms with Crippen LogP contribution in [0.4, 0.5) is 5.69 Å². The van der Waals surface area contributed by atoms with Gasteiger partial charge in [0, 0.05) is 37.0 Å². The quantitative estimate of drug-likeness (QED) is 0.897. The molecular weight excluding hydrogens is 312 g/mol. The molecule has 2 aliphatic heterocycles. The van der Waals surface area contributed by atoms with Crippen LogP contribution < -0.4 is 10.2 Å². The van der Waals surface area contributed by atoms with E-state index in [1.807, 2.05) is 24.3 Å². The average molecular weight is 337 g/mol. The summed E-state index contributed by atoms with van der Waals surface area (Å²) in [6.07, 6.45) is 5.28. The third kappa shape index (κ3) is 4.39. The predicted octanol–water partition coefficient (Wildman–Crippen LogP) is 3.24. The van der Waals surface area contributed by atoms with E-state index in [1.165, 1.54) is 0 Å². The van der Waals surface area contributed by atoms with Crippen LogP contribution in [0.1, 0.15) is 32.1 Å². The Morgan fingerprint density at radius 1 is 1.22 bits per heavy atom. The number of hydrogen-bond acceptors (Lipinski definition) is 3. The van der Waals surface area contributed by atoms with Crippen LogP contribution in [0.5, 0.6) is 0 Å². The summed E-state index contributed by atoms with van der Waals surface area (Å²) >= 11 is 5.95. The van der Waals surface area contributed by atoms with Crippen molar-refractivity contribution < 1.29 is 9.53 Å². The summed E-state index contributed by atoms with van der Waals surface area (Å²) in [5, 5.41) is 3.86. The lowest BCUT2D eigenvalue weighted by atomic mass is 9.96. The fourth-order valence-corrected chi connectivity index (χ4v) is 3.66. The Morgan fingerprint density at radius 2 is 1.96 bits per heavy atom. The molecule has 2 saturated heterocycles. The minimum Gasteiger partial charge on any atom is -0.381 e. The Bertz CT molecular complexity index is 514. The van der Waals surface area contributed by atoms with Gasteiger partial charge >= 0.3 is 0 Å². The first-order valence-electron chi connectivity index (χ1n) is 8.62. The third-order valence-corrected chi connectivity index (χ3v) is 5.16. The summed E-state index contributed by atoms with van der Waals surface area (Å²) in [6.45, 7) is 3.44. The molecule has 0 spiro atoms. The molecule has 2 aliphatic rings. The van der Waals surface area contributed by atoms with Crippen LogP contribution in [0.25, 0.3) is 0 Å². The molecule has 1 atom stereocenters. The van der Waals surface area contributed by atoms with Crippen LogP contribution in [0, 0.1) is 5.92 Å². The van der Waals surface area contributed by atoms with E-state index in [4.69, 9.17) is 16.3 Å². The van der Waals surface area contributed by atoms with Gasteiger partial charge in [0.1, 0.15) is 6.04 Å². The minimum absolute atomic E-state index is 0.0501. The molecule has 0 saturated carbocycles. The number of benzene rings is 1. The molecule has 23 heavy (non-hydrogen) atoms. The number of anilines is 1. The summed E-state index contributed by atoms with van der Waals surface area (Å²) < 4.78 is 5.38. The number of carbonyl (C=O) groups is 1. The second-order valence-electron chi connectivity index (χ2n) is 6.46. The fourth-order valence-electron chi connectivity index (χ4n) is 3.53.